The van der Waals surface area contributed by atoms with E-state index in [4.69, 9.17) is 0 Å². The van der Waals surface area contributed by atoms with Gasteiger partial charge in [0, 0.05) is 22.5 Å². The molecule has 0 heterocycles. The molecule has 1 N–H and O–H groups in total. The summed E-state index contributed by atoms with van der Waals surface area (Å²) in [6.45, 7) is 1.58. The highest BCUT2D eigenvalue weighted by Crippen LogP contribution is 2.30. The first kappa shape index (κ1) is 14.1. The molecule has 2 heteroatoms. The minimum Gasteiger partial charge on any atom is -0.355 e. The van der Waals surface area contributed by atoms with Crippen molar-refractivity contribution >= 4 is 17.2 Å². The number of Topliss-reactive ketones (excluding diaryl/α,β-unsaturated/α-hetero) is 1. The number of ketones is 1. The van der Waals surface area contributed by atoms with Crippen LogP contribution in [0.3, 0.4) is 0 Å². The van der Waals surface area contributed by atoms with Crippen LogP contribution in [0.1, 0.15) is 17.3 Å². The normalized spacial score (nSPS) is 10.2. The molecule has 0 aliphatic rings. The molecule has 0 spiro atoms. The lowest BCUT2D eigenvalue weighted by atomic mass is 10.0. The van der Waals surface area contributed by atoms with Crippen LogP contribution in [-0.4, -0.2) is 5.78 Å². The predicted molar refractivity (Wildman–Crippen MR) is 91.6 cm³/mol. The minimum absolute atomic E-state index is 0.0854. The molecule has 2 nitrogen and oxygen atoms in total. The SMILES string of the molecule is CC(=O)c1ccc(-c2ccccc2Nc2ccccc2)cc1. The third-order valence-electron chi connectivity index (χ3n) is 3.58. The van der Waals surface area contributed by atoms with Gasteiger partial charge in [-0.2, -0.15) is 0 Å². The smallest absolute Gasteiger partial charge is 0.159 e. The Bertz CT molecular complexity index is 776. The van der Waals surface area contributed by atoms with E-state index in [1.54, 1.807) is 6.92 Å². The Balaban J connectivity index is 1.95. The van der Waals surface area contributed by atoms with Gasteiger partial charge in [0.2, 0.25) is 0 Å². The van der Waals surface area contributed by atoms with E-state index >= 15 is 0 Å². The molecule has 0 atom stereocenters. The maximum Gasteiger partial charge on any atom is 0.159 e. The zero-order valence-corrected chi connectivity index (χ0v) is 12.4. The second-order valence-electron chi connectivity index (χ2n) is 5.17. The maximum absolute atomic E-state index is 11.4. The van der Waals surface area contributed by atoms with Crippen LogP contribution >= 0.6 is 0 Å². The number of carbonyl (C=O) groups is 1. The van der Waals surface area contributed by atoms with E-state index in [0.29, 0.717) is 0 Å². The lowest BCUT2D eigenvalue weighted by Gasteiger charge is -2.12. The van der Waals surface area contributed by atoms with Crippen molar-refractivity contribution in [2.75, 3.05) is 5.32 Å². The number of hydrogen-bond acceptors (Lipinski definition) is 2. The summed E-state index contributed by atoms with van der Waals surface area (Å²) in [6.07, 6.45) is 0. The quantitative estimate of drug-likeness (QED) is 0.660. The molecule has 0 fully saturated rings. The first-order chi connectivity index (χ1) is 10.7. The molecular weight excluding hydrogens is 270 g/mol. The van der Waals surface area contributed by atoms with E-state index in [0.717, 1.165) is 28.1 Å². The molecule has 0 bridgehead atoms. The lowest BCUT2D eigenvalue weighted by Crippen LogP contribution is -1.94. The molecule has 22 heavy (non-hydrogen) atoms. The summed E-state index contributed by atoms with van der Waals surface area (Å²) < 4.78 is 0. The number of anilines is 2. The third kappa shape index (κ3) is 3.07. The minimum atomic E-state index is 0.0854. The summed E-state index contributed by atoms with van der Waals surface area (Å²) in [5.41, 5.74) is 5.03. The van der Waals surface area contributed by atoms with Crippen molar-refractivity contribution in [1.29, 1.82) is 0 Å². The summed E-state index contributed by atoms with van der Waals surface area (Å²) in [5, 5.41) is 3.44. The molecule has 0 radical (unpaired) electrons. The Labute approximate surface area is 130 Å². The molecule has 3 rings (SSSR count). The van der Waals surface area contributed by atoms with Gasteiger partial charge in [-0.3, -0.25) is 4.79 Å². The average molecular weight is 287 g/mol. The lowest BCUT2D eigenvalue weighted by molar-refractivity contribution is 0.101. The van der Waals surface area contributed by atoms with E-state index in [2.05, 4.69) is 17.4 Å². The number of rotatable bonds is 4. The third-order valence-corrected chi connectivity index (χ3v) is 3.58. The van der Waals surface area contributed by atoms with E-state index in [-0.39, 0.29) is 5.78 Å². The van der Waals surface area contributed by atoms with Gasteiger partial charge in [-0.05, 0) is 30.7 Å². The fourth-order valence-electron chi connectivity index (χ4n) is 2.41. The summed E-state index contributed by atoms with van der Waals surface area (Å²) in [7, 11) is 0. The summed E-state index contributed by atoms with van der Waals surface area (Å²) in [6, 6.07) is 26.0. The number of para-hydroxylation sites is 2. The number of carbonyl (C=O) groups excluding carboxylic acids is 1. The molecule has 0 amide bonds. The van der Waals surface area contributed by atoms with Gasteiger partial charge in [0.15, 0.2) is 5.78 Å². The molecule has 0 saturated heterocycles. The molecule has 0 unspecified atom stereocenters. The second kappa shape index (κ2) is 6.27. The van der Waals surface area contributed by atoms with Gasteiger partial charge in [0.1, 0.15) is 0 Å². The van der Waals surface area contributed by atoms with E-state index in [1.165, 1.54) is 0 Å². The molecule has 0 aliphatic heterocycles. The standard InChI is InChI=1S/C20H17NO/c1-15(22)16-11-13-17(14-12-16)19-9-5-6-10-20(19)21-18-7-3-2-4-8-18/h2-14,21H,1H3. The monoisotopic (exact) mass is 287 g/mol. The van der Waals surface area contributed by atoms with E-state index in [9.17, 15) is 4.79 Å². The van der Waals surface area contributed by atoms with Crippen LogP contribution in [0.15, 0.2) is 78.9 Å². The Kier molecular flexibility index (Phi) is 4.01. The van der Waals surface area contributed by atoms with Crippen molar-refractivity contribution in [2.24, 2.45) is 0 Å². The Morgan fingerprint density at radius 1 is 0.773 bits per heavy atom. The molecule has 3 aromatic rings. The Hall–Kier alpha value is -2.87. The fraction of sp³-hybridized carbons (Fsp3) is 0.0500. The van der Waals surface area contributed by atoms with Crippen LogP contribution in [0.4, 0.5) is 11.4 Å². The average Bonchev–Trinajstić information content (AvgIpc) is 2.56. The van der Waals surface area contributed by atoms with Crippen LogP contribution in [0, 0.1) is 0 Å². The predicted octanol–water partition coefficient (Wildman–Crippen LogP) is 5.30. The zero-order chi connectivity index (χ0) is 15.4. The highest BCUT2D eigenvalue weighted by molar-refractivity contribution is 5.94. The largest absolute Gasteiger partial charge is 0.355 e. The van der Waals surface area contributed by atoms with Crippen molar-refractivity contribution < 1.29 is 4.79 Å². The molecule has 3 aromatic carbocycles. The van der Waals surface area contributed by atoms with Crippen molar-refractivity contribution in [3.05, 3.63) is 84.4 Å². The first-order valence-electron chi connectivity index (χ1n) is 7.26. The summed E-state index contributed by atoms with van der Waals surface area (Å²) >= 11 is 0. The van der Waals surface area contributed by atoms with Gasteiger partial charge in [-0.25, -0.2) is 0 Å². The topological polar surface area (TPSA) is 29.1 Å². The van der Waals surface area contributed by atoms with Crippen LogP contribution in [0.5, 0.6) is 0 Å². The van der Waals surface area contributed by atoms with Crippen LogP contribution in [-0.2, 0) is 0 Å². The zero-order valence-electron chi connectivity index (χ0n) is 12.4. The van der Waals surface area contributed by atoms with E-state index in [1.807, 2.05) is 66.7 Å². The van der Waals surface area contributed by atoms with Crippen molar-refractivity contribution in [2.45, 2.75) is 6.92 Å². The van der Waals surface area contributed by atoms with Gasteiger partial charge < -0.3 is 5.32 Å². The van der Waals surface area contributed by atoms with Crippen LogP contribution in [0.25, 0.3) is 11.1 Å². The summed E-state index contributed by atoms with van der Waals surface area (Å²) in [4.78, 5) is 11.4. The van der Waals surface area contributed by atoms with Crippen molar-refractivity contribution in [3.63, 3.8) is 0 Å². The molecule has 0 aromatic heterocycles. The number of benzene rings is 3. The second-order valence-corrected chi connectivity index (χ2v) is 5.17. The Morgan fingerprint density at radius 2 is 1.41 bits per heavy atom. The highest BCUT2D eigenvalue weighted by Gasteiger charge is 2.06. The fourth-order valence-corrected chi connectivity index (χ4v) is 2.41. The first-order valence-corrected chi connectivity index (χ1v) is 7.26. The number of hydrogen-bond donors (Lipinski definition) is 1. The Morgan fingerprint density at radius 3 is 2.09 bits per heavy atom. The van der Waals surface area contributed by atoms with Gasteiger partial charge in [0.05, 0.1) is 0 Å². The van der Waals surface area contributed by atoms with E-state index < -0.39 is 0 Å². The summed E-state index contributed by atoms with van der Waals surface area (Å²) in [5.74, 6) is 0.0854. The molecular formula is C20H17NO. The van der Waals surface area contributed by atoms with Gasteiger partial charge in [-0.1, -0.05) is 60.7 Å². The van der Waals surface area contributed by atoms with Crippen LogP contribution < -0.4 is 5.32 Å². The maximum atomic E-state index is 11.4. The molecule has 0 aliphatic carbocycles. The molecule has 108 valence electrons. The number of nitrogens with one attached hydrogen (secondary N) is 1. The highest BCUT2D eigenvalue weighted by atomic mass is 16.1. The van der Waals surface area contributed by atoms with Crippen LogP contribution in [0.2, 0.25) is 0 Å². The molecule has 0 saturated carbocycles. The van der Waals surface area contributed by atoms with Gasteiger partial charge in [0.25, 0.3) is 0 Å². The van der Waals surface area contributed by atoms with Gasteiger partial charge in [-0.15, -0.1) is 0 Å². The van der Waals surface area contributed by atoms with Crippen molar-refractivity contribution in [3.8, 4) is 11.1 Å². The van der Waals surface area contributed by atoms with Gasteiger partial charge >= 0.3 is 0 Å². The van der Waals surface area contributed by atoms with Crippen molar-refractivity contribution in [1.82, 2.24) is 0 Å².